The van der Waals surface area contributed by atoms with Crippen molar-refractivity contribution in [3.8, 4) is 5.75 Å². The third-order valence-electron chi connectivity index (χ3n) is 12.3. The Hall–Kier alpha value is -2.33. The fourth-order valence-electron chi connectivity index (χ4n) is 9.21. The van der Waals surface area contributed by atoms with Crippen molar-refractivity contribution < 1.29 is 23.1 Å². The van der Waals surface area contributed by atoms with Crippen LogP contribution >= 0.6 is 11.6 Å². The Kier molecular flexibility index (Phi) is 9.30. The summed E-state index contributed by atoms with van der Waals surface area (Å²) in [6.07, 6.45) is 9.36. The maximum Gasteiger partial charge on any atom is 0.264 e. The number of benzene rings is 2. The van der Waals surface area contributed by atoms with E-state index in [1.807, 2.05) is 19.1 Å². The first-order valence-corrected chi connectivity index (χ1v) is 19.7. The number of amides is 1. The van der Waals surface area contributed by atoms with Crippen LogP contribution in [0.2, 0.25) is 5.02 Å². The van der Waals surface area contributed by atoms with E-state index in [1.165, 1.54) is 17.5 Å². The van der Waals surface area contributed by atoms with Crippen LogP contribution in [0.4, 0.5) is 5.69 Å². The number of hydrogen-bond donors (Lipinski definition) is 2. The first kappa shape index (κ1) is 33.2. The molecule has 1 spiro atoms. The lowest BCUT2D eigenvalue weighted by molar-refractivity contribution is -0.0128. The van der Waals surface area contributed by atoms with Crippen molar-refractivity contribution in [2.75, 3.05) is 37.7 Å². The maximum absolute atomic E-state index is 13.6. The van der Waals surface area contributed by atoms with Crippen LogP contribution in [-0.2, 0) is 21.9 Å². The summed E-state index contributed by atoms with van der Waals surface area (Å²) in [5.74, 6) is 0.390. The van der Waals surface area contributed by atoms with Crippen molar-refractivity contribution in [1.29, 1.82) is 0 Å². The van der Waals surface area contributed by atoms with Gasteiger partial charge in [-0.1, -0.05) is 31.0 Å². The van der Waals surface area contributed by atoms with Gasteiger partial charge in [0.1, 0.15) is 5.75 Å². The lowest BCUT2D eigenvalue weighted by Crippen LogP contribution is -2.51. The van der Waals surface area contributed by atoms with Gasteiger partial charge in [0.25, 0.3) is 5.91 Å². The third kappa shape index (κ3) is 6.54. The summed E-state index contributed by atoms with van der Waals surface area (Å²) in [7, 11) is -3.95. The molecule has 1 amide bonds. The molecule has 7 atom stereocenters. The van der Waals surface area contributed by atoms with Crippen LogP contribution in [0.5, 0.6) is 5.75 Å². The van der Waals surface area contributed by atoms with Crippen LogP contribution in [0.3, 0.4) is 0 Å². The van der Waals surface area contributed by atoms with Crippen LogP contribution in [0, 0.1) is 17.8 Å². The molecule has 256 valence electrons. The van der Waals surface area contributed by atoms with E-state index in [1.54, 1.807) is 19.1 Å². The number of halogens is 1. The van der Waals surface area contributed by atoms with Crippen molar-refractivity contribution in [3.05, 3.63) is 58.1 Å². The number of aliphatic hydroxyl groups is 1. The Labute approximate surface area is 285 Å². The maximum atomic E-state index is 13.6. The number of fused-ring (bicyclic) bond motifs is 4. The number of hydrogen-bond acceptors (Lipinski definition) is 7. The summed E-state index contributed by atoms with van der Waals surface area (Å²) in [5.41, 5.74) is 3.40. The van der Waals surface area contributed by atoms with Gasteiger partial charge >= 0.3 is 0 Å². The Morgan fingerprint density at radius 1 is 1.02 bits per heavy atom. The summed E-state index contributed by atoms with van der Waals surface area (Å²) in [6, 6.07) is 11.6. The number of nitrogens with one attached hydrogen (secondary N) is 1. The third-order valence-corrected chi connectivity index (χ3v) is 14.5. The predicted octanol–water partition coefficient (Wildman–Crippen LogP) is 5.93. The van der Waals surface area contributed by atoms with Crippen molar-refractivity contribution >= 4 is 33.2 Å². The Balaban J connectivity index is 1.27. The second-order valence-electron chi connectivity index (χ2n) is 15.2. The fourth-order valence-corrected chi connectivity index (χ4v) is 10.7. The molecule has 2 aliphatic carbocycles. The van der Waals surface area contributed by atoms with Gasteiger partial charge in [0.15, 0.2) is 0 Å². The molecule has 8 nitrogen and oxygen atoms in total. The highest BCUT2D eigenvalue weighted by Gasteiger charge is 2.45. The molecule has 47 heavy (non-hydrogen) atoms. The normalized spacial score (nSPS) is 34.6. The minimum Gasteiger partial charge on any atom is -0.490 e. The molecule has 2 aromatic rings. The Morgan fingerprint density at radius 3 is 2.60 bits per heavy atom. The number of aryl methyl sites for hydroxylation is 1. The van der Waals surface area contributed by atoms with E-state index in [4.69, 9.17) is 16.3 Å². The highest BCUT2D eigenvalue weighted by molar-refractivity contribution is 7.90. The van der Waals surface area contributed by atoms with Crippen molar-refractivity contribution in [2.45, 2.75) is 101 Å². The van der Waals surface area contributed by atoms with E-state index in [0.29, 0.717) is 43.2 Å². The molecular formula is C37H50ClN3O5S. The van der Waals surface area contributed by atoms with Crippen LogP contribution in [0.1, 0.15) is 93.1 Å². The number of piperidine rings is 1. The van der Waals surface area contributed by atoms with Gasteiger partial charge in [0, 0.05) is 35.1 Å². The van der Waals surface area contributed by atoms with Gasteiger partial charge in [0.05, 0.1) is 23.6 Å². The summed E-state index contributed by atoms with van der Waals surface area (Å²) in [4.78, 5) is 18.5. The molecule has 1 saturated carbocycles. The molecule has 2 bridgehead atoms. The topological polar surface area (TPSA) is 99.2 Å². The first-order chi connectivity index (χ1) is 22.5. The second kappa shape index (κ2) is 13.2. The zero-order valence-electron chi connectivity index (χ0n) is 27.8. The van der Waals surface area contributed by atoms with E-state index in [2.05, 4.69) is 26.7 Å². The predicted molar refractivity (Wildman–Crippen MR) is 186 cm³/mol. The summed E-state index contributed by atoms with van der Waals surface area (Å²) >= 11 is 6.44. The molecule has 0 aromatic heterocycles. The van der Waals surface area contributed by atoms with E-state index in [-0.39, 0.29) is 23.3 Å². The van der Waals surface area contributed by atoms with Gasteiger partial charge in [-0.25, -0.2) is 13.1 Å². The number of carbonyl (C=O) groups is 1. The Morgan fingerprint density at radius 2 is 1.83 bits per heavy atom. The smallest absolute Gasteiger partial charge is 0.264 e. The second-order valence-corrected chi connectivity index (χ2v) is 17.7. The average molecular weight is 684 g/mol. The number of nitrogens with zero attached hydrogens (tertiary/aromatic N) is 2. The first-order valence-electron chi connectivity index (χ1n) is 17.8. The van der Waals surface area contributed by atoms with Crippen molar-refractivity contribution in [3.63, 3.8) is 0 Å². The van der Waals surface area contributed by atoms with Gasteiger partial charge in [-0.05, 0) is 137 Å². The molecular weight excluding hydrogens is 634 g/mol. The fraction of sp³-hybridized carbons (Fsp3) is 0.649. The number of rotatable bonds is 1. The molecule has 2 N–H and O–H groups in total. The quantitative estimate of drug-likeness (QED) is 0.384. The number of ether oxygens (including phenoxy) is 1. The van der Waals surface area contributed by atoms with E-state index >= 15 is 0 Å². The van der Waals surface area contributed by atoms with E-state index < -0.39 is 27.3 Å². The van der Waals surface area contributed by atoms with E-state index in [9.17, 15) is 18.3 Å². The molecule has 1 saturated heterocycles. The number of anilines is 1. The lowest BCUT2D eigenvalue weighted by Gasteiger charge is -2.47. The zero-order chi connectivity index (χ0) is 32.9. The van der Waals surface area contributed by atoms with Gasteiger partial charge in [0.2, 0.25) is 10.0 Å². The number of sulfonamides is 1. The van der Waals surface area contributed by atoms with Gasteiger partial charge in [-0.15, -0.1) is 0 Å². The standard InChI is InChI=1S/C37H50ClN3O5S/c1-24-17-30(40-15-4-3-5-16-40)20-34(42)31-11-8-28(31)21-41-22-37(14-6-7-26-18-29(38)10-12-32(26)37)23-46-35-13-9-27(19-33(35)41)36(43)39-47(44,45)25(24)2/h9-10,12-13,18-19,24-25,28,30-31,34,42H,3-8,11,14-17,20-23H2,1-2H3,(H,39,43)/t24-,25+,28-,30+,31+,34+,37-/m0/s1. The Bertz CT molecular complexity index is 1600. The monoisotopic (exact) mass is 683 g/mol. The minimum atomic E-state index is -3.95. The van der Waals surface area contributed by atoms with E-state index in [0.717, 1.165) is 75.3 Å². The van der Waals surface area contributed by atoms with Crippen LogP contribution in [0.15, 0.2) is 36.4 Å². The highest BCUT2D eigenvalue weighted by Crippen LogP contribution is 2.47. The SMILES string of the molecule is C[C@@H]1[C@@H](C)C[C@@H](N2CCCCC2)C[C@@H](O)[C@@H]2CC[C@H]2CN2C[C@@]3(CCCc4cc(Cl)ccc43)COc3ccc(cc32)C(=O)NS1(=O)=O. The molecule has 3 heterocycles. The number of carbonyl (C=O) groups excluding carboxylic acids is 1. The van der Waals surface area contributed by atoms with Crippen LogP contribution < -0.4 is 14.4 Å². The van der Waals surface area contributed by atoms with Crippen LogP contribution in [-0.4, -0.2) is 74.5 Å². The number of aliphatic hydroxyl groups excluding tert-OH is 1. The largest absolute Gasteiger partial charge is 0.490 e. The molecule has 3 aliphatic heterocycles. The molecule has 10 heteroatoms. The van der Waals surface area contributed by atoms with Crippen LogP contribution in [0.25, 0.3) is 0 Å². The van der Waals surface area contributed by atoms with Gasteiger partial charge in [-0.2, -0.15) is 0 Å². The summed E-state index contributed by atoms with van der Waals surface area (Å²) in [5, 5.41) is 11.8. The van der Waals surface area contributed by atoms with Crippen molar-refractivity contribution in [2.24, 2.45) is 17.8 Å². The lowest BCUT2D eigenvalue weighted by atomic mass is 9.67. The molecule has 0 radical (unpaired) electrons. The zero-order valence-corrected chi connectivity index (χ0v) is 29.4. The number of likely N-dealkylation sites (tertiary alicyclic amines) is 1. The van der Waals surface area contributed by atoms with Crippen molar-refractivity contribution in [1.82, 2.24) is 9.62 Å². The van der Waals surface area contributed by atoms with Gasteiger partial charge in [-0.3, -0.25) is 4.79 Å². The molecule has 0 unspecified atom stereocenters. The minimum absolute atomic E-state index is 0.0996. The molecule has 5 aliphatic rings. The summed E-state index contributed by atoms with van der Waals surface area (Å²) < 4.78 is 36.3. The molecule has 2 fully saturated rings. The summed E-state index contributed by atoms with van der Waals surface area (Å²) in [6.45, 7) is 7.60. The molecule has 2 aromatic carbocycles. The molecule has 7 rings (SSSR count). The average Bonchev–Trinajstić information content (AvgIpc) is 3.18. The highest BCUT2D eigenvalue weighted by atomic mass is 35.5. The van der Waals surface area contributed by atoms with Gasteiger partial charge < -0.3 is 19.6 Å².